The number of rotatable bonds is 9. The Morgan fingerprint density at radius 1 is 1.00 bits per heavy atom. The molecule has 1 aromatic heterocycles. The lowest BCUT2D eigenvalue weighted by atomic mass is 10.2. The Bertz CT molecular complexity index is 1070. The van der Waals surface area contributed by atoms with E-state index < -0.39 is 0 Å². The molecule has 6 nitrogen and oxygen atoms in total. The van der Waals surface area contributed by atoms with Gasteiger partial charge in [0, 0.05) is 44.7 Å². The molecule has 32 heavy (non-hydrogen) atoms. The monoisotopic (exact) mass is 438 g/mol. The number of hydrogen-bond donors (Lipinski definition) is 0. The van der Waals surface area contributed by atoms with Crippen molar-refractivity contribution in [1.29, 1.82) is 0 Å². The zero-order valence-corrected chi connectivity index (χ0v) is 18.1. The maximum Gasteiger partial charge on any atom is 0.258 e. The predicted molar refractivity (Wildman–Crippen MR) is 120 cm³/mol. The minimum Gasteiger partial charge on any atom is -0.492 e. The highest BCUT2D eigenvalue weighted by atomic mass is 19.1. The van der Waals surface area contributed by atoms with E-state index in [1.165, 1.54) is 18.2 Å². The van der Waals surface area contributed by atoms with Crippen molar-refractivity contribution in [3.05, 3.63) is 88.6 Å². The first-order chi connectivity index (χ1) is 15.6. The number of benzene rings is 2. The van der Waals surface area contributed by atoms with Crippen LogP contribution in [0.3, 0.4) is 0 Å². The van der Waals surface area contributed by atoms with Crippen LogP contribution in [0.4, 0.5) is 4.39 Å². The summed E-state index contributed by atoms with van der Waals surface area (Å²) in [5.41, 5.74) is 1.38. The third-order valence-corrected chi connectivity index (χ3v) is 5.56. The Morgan fingerprint density at radius 3 is 2.47 bits per heavy atom. The minimum absolute atomic E-state index is 0.197. The van der Waals surface area contributed by atoms with Crippen LogP contribution in [-0.2, 0) is 11.3 Å². The van der Waals surface area contributed by atoms with E-state index in [-0.39, 0.29) is 18.0 Å². The fraction of sp³-hybridized carbons (Fsp3) is 0.320. The number of likely N-dealkylation sites (tertiary alicyclic amines) is 1. The van der Waals surface area contributed by atoms with Crippen LogP contribution < -0.4 is 15.0 Å². The average molecular weight is 438 g/mol. The van der Waals surface area contributed by atoms with E-state index in [1.807, 2.05) is 24.3 Å². The smallest absolute Gasteiger partial charge is 0.258 e. The van der Waals surface area contributed by atoms with E-state index in [2.05, 4.69) is 4.90 Å². The molecule has 1 aliphatic rings. The summed E-state index contributed by atoms with van der Waals surface area (Å²) in [5, 5.41) is 0. The third kappa shape index (κ3) is 5.75. The highest BCUT2D eigenvalue weighted by Crippen LogP contribution is 2.17. The molecule has 1 aliphatic heterocycles. The Morgan fingerprint density at radius 2 is 1.78 bits per heavy atom. The Labute approximate surface area is 186 Å². The molecule has 168 valence electrons. The third-order valence-electron chi connectivity index (χ3n) is 5.56. The maximum atomic E-state index is 13.0. The van der Waals surface area contributed by atoms with Gasteiger partial charge in [0.1, 0.15) is 30.5 Å². The van der Waals surface area contributed by atoms with Crippen molar-refractivity contribution in [2.75, 3.05) is 33.4 Å². The van der Waals surface area contributed by atoms with Gasteiger partial charge in [-0.05, 0) is 54.4 Å². The van der Waals surface area contributed by atoms with E-state index in [1.54, 1.807) is 36.1 Å². The fourth-order valence-corrected chi connectivity index (χ4v) is 3.70. The van der Waals surface area contributed by atoms with Gasteiger partial charge in [-0.15, -0.1) is 0 Å². The Kier molecular flexibility index (Phi) is 7.19. The van der Waals surface area contributed by atoms with Crippen molar-refractivity contribution in [3.63, 3.8) is 0 Å². The lowest BCUT2D eigenvalue weighted by Crippen LogP contribution is -2.27. The van der Waals surface area contributed by atoms with Crippen LogP contribution >= 0.6 is 0 Å². The first kappa shape index (κ1) is 22.0. The van der Waals surface area contributed by atoms with Gasteiger partial charge in [-0.2, -0.15) is 0 Å². The zero-order valence-electron chi connectivity index (χ0n) is 18.1. The van der Waals surface area contributed by atoms with E-state index in [0.29, 0.717) is 18.5 Å². The quantitative estimate of drug-likeness (QED) is 0.511. The molecular formula is C25H27FN2O4. The van der Waals surface area contributed by atoms with E-state index in [0.717, 1.165) is 43.1 Å². The van der Waals surface area contributed by atoms with Crippen molar-refractivity contribution < 1.29 is 18.6 Å². The van der Waals surface area contributed by atoms with E-state index >= 15 is 0 Å². The maximum absolute atomic E-state index is 13.0. The molecule has 7 heteroatoms. The Hall–Kier alpha value is -3.16. The molecule has 0 amide bonds. The SMILES string of the molecule is CO[C@@H]1CCN(CCOc2ccc(-n3ccc(OCc4ccc(F)cc4)cc3=O)cc2)C1. The summed E-state index contributed by atoms with van der Waals surface area (Å²) in [6.45, 7) is 3.72. The molecule has 2 aromatic carbocycles. The molecule has 1 atom stereocenters. The lowest BCUT2D eigenvalue weighted by Gasteiger charge is -2.16. The van der Waals surface area contributed by atoms with Crippen molar-refractivity contribution in [2.45, 2.75) is 19.1 Å². The molecule has 0 bridgehead atoms. The summed E-state index contributed by atoms with van der Waals surface area (Å²) in [6.07, 6.45) is 3.07. The molecule has 0 aliphatic carbocycles. The first-order valence-electron chi connectivity index (χ1n) is 10.7. The molecule has 1 fully saturated rings. The number of pyridine rings is 1. The normalized spacial score (nSPS) is 16.2. The highest BCUT2D eigenvalue weighted by molar-refractivity contribution is 5.38. The minimum atomic E-state index is -0.292. The number of methoxy groups -OCH3 is 1. The number of nitrogens with zero attached hydrogens (tertiary/aromatic N) is 2. The number of hydrogen-bond acceptors (Lipinski definition) is 5. The summed E-state index contributed by atoms with van der Waals surface area (Å²) in [4.78, 5) is 14.9. The molecule has 3 aromatic rings. The summed E-state index contributed by atoms with van der Waals surface area (Å²) < 4.78 is 31.4. The molecule has 2 heterocycles. The molecule has 0 unspecified atom stereocenters. The number of aromatic nitrogens is 1. The van der Waals surface area contributed by atoms with Gasteiger partial charge >= 0.3 is 0 Å². The van der Waals surface area contributed by atoms with Gasteiger partial charge in [-0.25, -0.2) is 4.39 Å². The fourth-order valence-electron chi connectivity index (χ4n) is 3.70. The van der Waals surface area contributed by atoms with E-state index in [4.69, 9.17) is 14.2 Å². The molecule has 0 radical (unpaired) electrons. The lowest BCUT2D eigenvalue weighted by molar-refractivity contribution is 0.106. The largest absolute Gasteiger partial charge is 0.492 e. The summed E-state index contributed by atoms with van der Waals surface area (Å²) >= 11 is 0. The van der Waals surface area contributed by atoms with Crippen LogP contribution in [0, 0.1) is 5.82 Å². The second-order valence-electron chi connectivity index (χ2n) is 7.78. The molecule has 0 spiro atoms. The van der Waals surface area contributed by atoms with Gasteiger partial charge < -0.3 is 14.2 Å². The van der Waals surface area contributed by atoms with Gasteiger partial charge in [0.25, 0.3) is 5.56 Å². The molecule has 1 saturated heterocycles. The summed E-state index contributed by atoms with van der Waals surface area (Å²) in [6, 6.07) is 16.7. The van der Waals surface area contributed by atoms with Gasteiger partial charge in [-0.1, -0.05) is 12.1 Å². The van der Waals surface area contributed by atoms with Crippen LogP contribution in [0.15, 0.2) is 71.7 Å². The molecule has 0 saturated carbocycles. The molecular weight excluding hydrogens is 411 g/mol. The topological polar surface area (TPSA) is 52.9 Å². The molecule has 4 rings (SSSR count). The van der Waals surface area contributed by atoms with Crippen molar-refractivity contribution in [1.82, 2.24) is 9.47 Å². The van der Waals surface area contributed by atoms with Crippen LogP contribution in [-0.4, -0.2) is 48.9 Å². The standard InChI is InChI=1S/C25H27FN2O4/c1-30-24-10-12-27(17-24)14-15-31-22-8-6-21(7-9-22)28-13-11-23(16-25(28)29)32-18-19-2-4-20(26)5-3-19/h2-9,11,13,16,24H,10,12,14-15,17-18H2,1H3/t24-/m1/s1. The second-order valence-corrected chi connectivity index (χ2v) is 7.78. The van der Waals surface area contributed by atoms with Crippen LogP contribution in [0.2, 0.25) is 0 Å². The van der Waals surface area contributed by atoms with Gasteiger partial charge in [0.05, 0.1) is 6.10 Å². The van der Waals surface area contributed by atoms with Gasteiger partial charge in [0.15, 0.2) is 0 Å². The van der Waals surface area contributed by atoms with Gasteiger partial charge in [-0.3, -0.25) is 14.3 Å². The zero-order chi connectivity index (χ0) is 22.3. The predicted octanol–water partition coefficient (Wildman–Crippen LogP) is 3.66. The van der Waals surface area contributed by atoms with Crippen LogP contribution in [0.1, 0.15) is 12.0 Å². The summed E-state index contributed by atoms with van der Waals surface area (Å²) in [7, 11) is 1.76. The number of halogens is 1. The highest BCUT2D eigenvalue weighted by Gasteiger charge is 2.21. The first-order valence-corrected chi connectivity index (χ1v) is 10.7. The van der Waals surface area contributed by atoms with Crippen molar-refractivity contribution >= 4 is 0 Å². The van der Waals surface area contributed by atoms with Crippen molar-refractivity contribution in [2.24, 2.45) is 0 Å². The van der Waals surface area contributed by atoms with Crippen molar-refractivity contribution in [3.8, 4) is 17.2 Å². The van der Waals surface area contributed by atoms with E-state index in [9.17, 15) is 9.18 Å². The number of ether oxygens (including phenoxy) is 3. The Balaban J connectivity index is 1.30. The second kappa shape index (κ2) is 10.4. The van der Waals surface area contributed by atoms with Crippen LogP contribution in [0.5, 0.6) is 11.5 Å². The average Bonchev–Trinajstić information content (AvgIpc) is 3.27. The molecule has 0 N–H and O–H groups in total. The van der Waals surface area contributed by atoms with Crippen LogP contribution in [0.25, 0.3) is 5.69 Å². The van der Waals surface area contributed by atoms with Gasteiger partial charge in [0.2, 0.25) is 0 Å². The summed E-state index contributed by atoms with van der Waals surface area (Å²) in [5.74, 6) is 0.941.